The van der Waals surface area contributed by atoms with Crippen LogP contribution in [0.25, 0.3) is 0 Å². The smallest absolute Gasteiger partial charge is 0.269 e. The van der Waals surface area contributed by atoms with Crippen LogP contribution in [0.4, 0.5) is 0 Å². The van der Waals surface area contributed by atoms with Crippen molar-refractivity contribution < 1.29 is 13.0 Å². The second kappa shape index (κ2) is 3.50. The fourth-order valence-corrected chi connectivity index (χ4v) is 1.93. The van der Waals surface area contributed by atoms with Crippen molar-refractivity contribution in [2.24, 2.45) is 5.73 Å². The highest BCUT2D eigenvalue weighted by Gasteiger charge is 2.18. The van der Waals surface area contributed by atoms with Crippen LogP contribution < -0.4 is 5.73 Å². The molecule has 9 heavy (non-hydrogen) atoms. The molecule has 0 aliphatic rings. The van der Waals surface area contributed by atoms with Crippen molar-refractivity contribution >= 4 is 26.0 Å². The molecule has 0 aromatic rings. The first kappa shape index (κ1) is 9.35. The highest BCUT2D eigenvalue weighted by molar-refractivity contribution is 9.09. The summed E-state index contributed by atoms with van der Waals surface area (Å²) in [6, 6.07) is 0. The largest absolute Gasteiger partial charge is 0.329 e. The standard InChI is InChI=1S/C3H8BrNO3S/c4-1-3(2-5)9(6,7)8/h3H,1-2,5H2,(H,6,7,8). The normalized spacial score (nSPS) is 15.4. The van der Waals surface area contributed by atoms with Crippen LogP contribution in [0.1, 0.15) is 0 Å². The summed E-state index contributed by atoms with van der Waals surface area (Å²) in [7, 11) is -3.94. The third kappa shape index (κ3) is 3.14. The van der Waals surface area contributed by atoms with Crippen LogP contribution >= 0.6 is 15.9 Å². The maximum atomic E-state index is 10.2. The van der Waals surface area contributed by atoms with Crippen LogP contribution in [0.15, 0.2) is 0 Å². The van der Waals surface area contributed by atoms with Crippen LogP contribution in [0.3, 0.4) is 0 Å². The summed E-state index contributed by atoms with van der Waals surface area (Å²) in [5.74, 6) is 0. The molecule has 0 rings (SSSR count). The van der Waals surface area contributed by atoms with Gasteiger partial charge in [0, 0.05) is 11.9 Å². The quantitative estimate of drug-likeness (QED) is 0.498. The zero-order valence-electron chi connectivity index (χ0n) is 4.62. The van der Waals surface area contributed by atoms with Crippen molar-refractivity contribution in [1.82, 2.24) is 0 Å². The maximum absolute atomic E-state index is 10.2. The van der Waals surface area contributed by atoms with E-state index in [1.165, 1.54) is 0 Å². The molecule has 56 valence electrons. The molecule has 0 heterocycles. The summed E-state index contributed by atoms with van der Waals surface area (Å²) >= 11 is 2.89. The Morgan fingerprint density at radius 1 is 1.67 bits per heavy atom. The number of halogens is 1. The van der Waals surface area contributed by atoms with E-state index in [0.29, 0.717) is 0 Å². The highest BCUT2D eigenvalue weighted by Crippen LogP contribution is 1.99. The van der Waals surface area contributed by atoms with Gasteiger partial charge in [-0.1, -0.05) is 15.9 Å². The van der Waals surface area contributed by atoms with Gasteiger partial charge in [0.15, 0.2) is 0 Å². The molecular weight excluding hydrogens is 210 g/mol. The van der Waals surface area contributed by atoms with Gasteiger partial charge in [-0.05, 0) is 0 Å². The SMILES string of the molecule is NCC(CBr)S(=O)(=O)O. The molecule has 1 unspecified atom stereocenters. The molecule has 6 heteroatoms. The van der Waals surface area contributed by atoms with Gasteiger partial charge in [-0.3, -0.25) is 4.55 Å². The van der Waals surface area contributed by atoms with Gasteiger partial charge in [-0.2, -0.15) is 8.42 Å². The van der Waals surface area contributed by atoms with E-state index in [1.807, 2.05) is 0 Å². The molecule has 0 spiro atoms. The molecule has 4 nitrogen and oxygen atoms in total. The van der Waals surface area contributed by atoms with Crippen molar-refractivity contribution in [3.63, 3.8) is 0 Å². The van der Waals surface area contributed by atoms with E-state index in [0.717, 1.165) is 0 Å². The van der Waals surface area contributed by atoms with Crippen LogP contribution in [0, 0.1) is 0 Å². The molecule has 0 fully saturated rings. The second-order valence-corrected chi connectivity index (χ2v) is 3.87. The summed E-state index contributed by atoms with van der Waals surface area (Å²) in [6.07, 6.45) is 0. The molecule has 0 saturated heterocycles. The lowest BCUT2D eigenvalue weighted by molar-refractivity contribution is 0.472. The molecule has 0 saturated carbocycles. The van der Waals surface area contributed by atoms with E-state index in [4.69, 9.17) is 10.3 Å². The summed E-state index contributed by atoms with van der Waals surface area (Å²) < 4.78 is 28.8. The minimum absolute atomic E-state index is 0.0654. The predicted octanol–water partition coefficient (Wildman–Crippen LogP) is -0.404. The van der Waals surface area contributed by atoms with E-state index in [-0.39, 0.29) is 11.9 Å². The first-order chi connectivity index (χ1) is 4.02. The minimum Gasteiger partial charge on any atom is -0.329 e. The van der Waals surface area contributed by atoms with Gasteiger partial charge in [0.25, 0.3) is 10.1 Å². The number of rotatable bonds is 3. The second-order valence-electron chi connectivity index (χ2n) is 1.53. The van der Waals surface area contributed by atoms with E-state index >= 15 is 0 Å². The molecular formula is C3H8BrNO3S. The lowest BCUT2D eigenvalue weighted by atomic mass is 10.5. The van der Waals surface area contributed by atoms with Crippen molar-refractivity contribution in [2.75, 3.05) is 11.9 Å². The topological polar surface area (TPSA) is 80.4 Å². The van der Waals surface area contributed by atoms with Crippen LogP contribution in [-0.2, 0) is 10.1 Å². The Labute approximate surface area is 62.3 Å². The summed E-state index contributed by atoms with van der Waals surface area (Å²) in [5.41, 5.74) is 5.00. The van der Waals surface area contributed by atoms with Gasteiger partial charge in [0.1, 0.15) is 5.25 Å². The Bertz CT molecular complexity index is 162. The number of hydrogen-bond donors (Lipinski definition) is 2. The number of nitrogens with two attached hydrogens (primary N) is 1. The van der Waals surface area contributed by atoms with Gasteiger partial charge >= 0.3 is 0 Å². The molecule has 0 aliphatic carbocycles. The van der Waals surface area contributed by atoms with E-state index in [2.05, 4.69) is 15.9 Å². The van der Waals surface area contributed by atoms with Gasteiger partial charge in [0.2, 0.25) is 0 Å². The fourth-order valence-electron chi connectivity index (χ4n) is 0.264. The van der Waals surface area contributed by atoms with E-state index in [9.17, 15) is 8.42 Å². The molecule has 0 radical (unpaired) electrons. The molecule has 1 atom stereocenters. The van der Waals surface area contributed by atoms with Crippen LogP contribution in [0.2, 0.25) is 0 Å². The summed E-state index contributed by atoms with van der Waals surface area (Å²) in [4.78, 5) is 0. The predicted molar refractivity (Wildman–Crippen MR) is 38.2 cm³/mol. The van der Waals surface area contributed by atoms with Crippen molar-refractivity contribution in [3.05, 3.63) is 0 Å². The maximum Gasteiger partial charge on any atom is 0.269 e. The Hall–Kier alpha value is 0.350. The average molecular weight is 218 g/mol. The Kier molecular flexibility index (Phi) is 3.64. The van der Waals surface area contributed by atoms with Crippen molar-refractivity contribution in [1.29, 1.82) is 0 Å². The Morgan fingerprint density at radius 2 is 2.11 bits per heavy atom. The summed E-state index contributed by atoms with van der Waals surface area (Å²) in [6.45, 7) is -0.0654. The van der Waals surface area contributed by atoms with Gasteiger partial charge in [0.05, 0.1) is 0 Å². The van der Waals surface area contributed by atoms with Crippen molar-refractivity contribution in [2.45, 2.75) is 5.25 Å². The van der Waals surface area contributed by atoms with Crippen LogP contribution in [0.5, 0.6) is 0 Å². The Morgan fingerprint density at radius 3 is 2.11 bits per heavy atom. The molecule has 0 aliphatic heterocycles. The molecule has 0 bridgehead atoms. The van der Waals surface area contributed by atoms with Crippen LogP contribution in [-0.4, -0.2) is 30.1 Å². The number of hydrogen-bond acceptors (Lipinski definition) is 3. The van der Waals surface area contributed by atoms with E-state index < -0.39 is 15.4 Å². The lowest BCUT2D eigenvalue weighted by Gasteiger charge is -2.04. The molecule has 0 aromatic heterocycles. The third-order valence-corrected chi connectivity index (χ3v) is 3.27. The molecule has 3 N–H and O–H groups in total. The van der Waals surface area contributed by atoms with Gasteiger partial charge in [-0.25, -0.2) is 0 Å². The molecule has 0 amide bonds. The van der Waals surface area contributed by atoms with E-state index in [1.54, 1.807) is 0 Å². The summed E-state index contributed by atoms with van der Waals surface area (Å²) in [5, 5.41) is -0.708. The first-order valence-corrected chi connectivity index (χ1v) is 4.87. The third-order valence-electron chi connectivity index (χ3n) is 0.856. The zero-order valence-corrected chi connectivity index (χ0v) is 7.02. The highest BCUT2D eigenvalue weighted by atomic mass is 79.9. The lowest BCUT2D eigenvalue weighted by Crippen LogP contribution is -2.30. The first-order valence-electron chi connectivity index (χ1n) is 2.24. The fraction of sp³-hybridized carbons (Fsp3) is 1.00. The minimum atomic E-state index is -3.94. The Balaban J connectivity index is 4.14. The van der Waals surface area contributed by atoms with Gasteiger partial charge in [-0.15, -0.1) is 0 Å². The zero-order chi connectivity index (χ0) is 7.49. The average Bonchev–Trinajstić information content (AvgIpc) is 1.65. The number of alkyl halides is 1. The molecule has 0 aromatic carbocycles. The van der Waals surface area contributed by atoms with Crippen molar-refractivity contribution in [3.8, 4) is 0 Å². The van der Waals surface area contributed by atoms with Gasteiger partial charge < -0.3 is 5.73 Å². The monoisotopic (exact) mass is 217 g/mol.